The van der Waals surface area contributed by atoms with Gasteiger partial charge < -0.3 is 11.1 Å². The number of aromatic nitrogens is 2. The minimum Gasteiger partial charge on any atom is -0.346 e. The minimum absolute atomic E-state index is 0.287. The van der Waals surface area contributed by atoms with Crippen molar-refractivity contribution >= 4 is 5.91 Å². The van der Waals surface area contributed by atoms with E-state index in [1.807, 2.05) is 0 Å². The Bertz CT molecular complexity index is 678. The van der Waals surface area contributed by atoms with Crippen molar-refractivity contribution < 1.29 is 18.0 Å². The molecule has 5 nitrogen and oxygen atoms in total. The zero-order valence-corrected chi connectivity index (χ0v) is 13.3. The van der Waals surface area contributed by atoms with Crippen molar-refractivity contribution in [1.82, 2.24) is 15.5 Å². The number of rotatable bonds is 5. The molecule has 0 radical (unpaired) electrons. The number of alkyl halides is 3. The molecule has 0 aliphatic heterocycles. The fraction of sp³-hybridized carbons (Fsp3) is 0.375. The molecule has 1 atom stereocenters. The number of hydrogen-bond donors (Lipinski definition) is 3. The second-order valence-corrected chi connectivity index (χ2v) is 6.08. The lowest BCUT2D eigenvalue weighted by Gasteiger charge is -2.28. The van der Waals surface area contributed by atoms with Crippen molar-refractivity contribution in [3.8, 4) is 0 Å². The molecule has 0 aliphatic rings. The molecule has 8 heteroatoms. The first-order valence-corrected chi connectivity index (χ1v) is 7.33. The molecule has 0 saturated carbocycles. The van der Waals surface area contributed by atoms with Gasteiger partial charge in [0, 0.05) is 18.3 Å². The number of nitrogens with two attached hydrogens (primary N) is 1. The van der Waals surface area contributed by atoms with Crippen LogP contribution >= 0.6 is 0 Å². The molecule has 2 rings (SSSR count). The van der Waals surface area contributed by atoms with Crippen LogP contribution in [0.4, 0.5) is 13.2 Å². The highest BCUT2D eigenvalue weighted by Crippen LogP contribution is 2.30. The smallest absolute Gasteiger partial charge is 0.346 e. The van der Waals surface area contributed by atoms with Gasteiger partial charge in [0.1, 0.15) is 0 Å². The van der Waals surface area contributed by atoms with Gasteiger partial charge in [-0.25, -0.2) is 0 Å². The maximum Gasteiger partial charge on any atom is 0.416 e. The van der Waals surface area contributed by atoms with Gasteiger partial charge in [-0.2, -0.15) is 18.3 Å². The molecule has 1 heterocycles. The molecule has 1 amide bonds. The normalized spacial score (nSPS) is 13.6. The van der Waals surface area contributed by atoms with Gasteiger partial charge in [-0.05, 0) is 37.6 Å². The van der Waals surface area contributed by atoms with Gasteiger partial charge in [0.25, 0.3) is 0 Å². The number of halogens is 3. The van der Waals surface area contributed by atoms with Crippen LogP contribution in [0.3, 0.4) is 0 Å². The highest BCUT2D eigenvalue weighted by atomic mass is 19.4. The van der Waals surface area contributed by atoms with Crippen LogP contribution in [0.15, 0.2) is 36.5 Å². The molecule has 0 spiro atoms. The summed E-state index contributed by atoms with van der Waals surface area (Å²) in [4.78, 5) is 12.2. The standard InChI is InChI=1S/C16H19F3N4O/c1-15(2,10-3-5-11(6-4-10)16(17,18)19)22-14(24)13(20)9-12-7-8-21-23-12/h3-8,13H,9,20H2,1-2H3,(H,21,23)(H,22,24). The summed E-state index contributed by atoms with van der Waals surface area (Å²) < 4.78 is 37.9. The molecule has 2 aromatic rings. The van der Waals surface area contributed by atoms with Crippen LogP contribution in [-0.4, -0.2) is 22.1 Å². The van der Waals surface area contributed by atoms with Crippen molar-refractivity contribution in [1.29, 1.82) is 0 Å². The van der Waals surface area contributed by atoms with Gasteiger partial charge in [0.15, 0.2) is 0 Å². The SMILES string of the molecule is CC(C)(NC(=O)C(N)Cc1ccn[nH]1)c1ccc(C(F)(F)F)cc1. The van der Waals surface area contributed by atoms with E-state index in [0.29, 0.717) is 5.56 Å². The molecule has 24 heavy (non-hydrogen) atoms. The Kier molecular flexibility index (Phi) is 4.98. The van der Waals surface area contributed by atoms with E-state index in [9.17, 15) is 18.0 Å². The van der Waals surface area contributed by atoms with E-state index in [4.69, 9.17) is 5.73 Å². The highest BCUT2D eigenvalue weighted by molar-refractivity contribution is 5.82. The largest absolute Gasteiger partial charge is 0.416 e. The minimum atomic E-state index is -4.39. The van der Waals surface area contributed by atoms with Crippen LogP contribution in [0.1, 0.15) is 30.7 Å². The maximum absolute atomic E-state index is 12.6. The lowest BCUT2D eigenvalue weighted by Crippen LogP contribution is -2.49. The van der Waals surface area contributed by atoms with Crippen LogP contribution in [0, 0.1) is 0 Å². The van der Waals surface area contributed by atoms with E-state index in [2.05, 4.69) is 15.5 Å². The van der Waals surface area contributed by atoms with E-state index in [0.717, 1.165) is 17.8 Å². The summed E-state index contributed by atoms with van der Waals surface area (Å²) in [6.07, 6.45) is -2.54. The van der Waals surface area contributed by atoms with E-state index >= 15 is 0 Å². The topological polar surface area (TPSA) is 83.8 Å². The second-order valence-electron chi connectivity index (χ2n) is 6.08. The van der Waals surface area contributed by atoms with Crippen molar-refractivity contribution in [2.75, 3.05) is 0 Å². The summed E-state index contributed by atoms with van der Waals surface area (Å²) in [5.74, 6) is -0.394. The van der Waals surface area contributed by atoms with Gasteiger partial charge in [-0.3, -0.25) is 9.89 Å². The van der Waals surface area contributed by atoms with Crippen LogP contribution in [0.25, 0.3) is 0 Å². The summed E-state index contributed by atoms with van der Waals surface area (Å²) in [7, 11) is 0. The molecule has 0 fully saturated rings. The predicted molar refractivity (Wildman–Crippen MR) is 82.9 cm³/mol. The van der Waals surface area contributed by atoms with Gasteiger partial charge in [0.2, 0.25) is 5.91 Å². The number of benzene rings is 1. The summed E-state index contributed by atoms with van der Waals surface area (Å²) in [6, 6.07) is 5.61. The van der Waals surface area contributed by atoms with Crippen LogP contribution in [0.5, 0.6) is 0 Å². The van der Waals surface area contributed by atoms with Crippen LogP contribution in [-0.2, 0) is 22.9 Å². The summed E-state index contributed by atoms with van der Waals surface area (Å²) >= 11 is 0. The Morgan fingerprint density at radius 3 is 2.29 bits per heavy atom. The van der Waals surface area contributed by atoms with Gasteiger partial charge >= 0.3 is 6.18 Å². The molecule has 4 N–H and O–H groups in total. The number of carbonyl (C=O) groups is 1. The quantitative estimate of drug-likeness (QED) is 0.781. The molecular formula is C16H19F3N4O. The summed E-state index contributed by atoms with van der Waals surface area (Å²) in [5.41, 5.74) is 5.56. The average Bonchev–Trinajstić information content (AvgIpc) is 2.99. The van der Waals surface area contributed by atoms with Gasteiger partial charge in [-0.15, -0.1) is 0 Å². The lowest BCUT2D eigenvalue weighted by molar-refractivity contribution is -0.137. The van der Waals surface area contributed by atoms with E-state index in [1.54, 1.807) is 26.1 Å². The molecule has 0 bridgehead atoms. The number of carbonyl (C=O) groups excluding carboxylic acids is 1. The van der Waals surface area contributed by atoms with Gasteiger partial charge in [-0.1, -0.05) is 12.1 Å². The van der Waals surface area contributed by atoms with Crippen molar-refractivity contribution in [3.05, 3.63) is 53.3 Å². The molecular weight excluding hydrogens is 321 g/mol. The second kappa shape index (κ2) is 6.64. The average molecular weight is 340 g/mol. The van der Waals surface area contributed by atoms with E-state index in [1.165, 1.54) is 12.1 Å². The Labute approximate surface area is 137 Å². The number of hydrogen-bond acceptors (Lipinski definition) is 3. The molecule has 130 valence electrons. The molecule has 1 aromatic carbocycles. The third-order valence-corrected chi connectivity index (χ3v) is 3.70. The summed E-state index contributed by atoms with van der Waals surface area (Å²) in [5, 5.41) is 9.27. The predicted octanol–water partition coefficient (Wildman–Crippen LogP) is 2.35. The Morgan fingerprint density at radius 2 is 1.79 bits per heavy atom. The first-order chi connectivity index (χ1) is 11.1. The third kappa shape index (κ3) is 4.35. The van der Waals surface area contributed by atoms with Crippen molar-refractivity contribution in [2.45, 2.75) is 38.0 Å². The monoisotopic (exact) mass is 340 g/mol. The number of nitrogens with zero attached hydrogens (tertiary/aromatic N) is 1. The molecule has 1 aromatic heterocycles. The fourth-order valence-corrected chi connectivity index (χ4v) is 2.28. The molecule has 0 saturated heterocycles. The Morgan fingerprint density at radius 1 is 1.21 bits per heavy atom. The highest BCUT2D eigenvalue weighted by Gasteiger charge is 2.31. The number of nitrogens with one attached hydrogen (secondary N) is 2. The third-order valence-electron chi connectivity index (χ3n) is 3.70. The van der Waals surface area contributed by atoms with Crippen molar-refractivity contribution in [3.63, 3.8) is 0 Å². The molecule has 1 unspecified atom stereocenters. The van der Waals surface area contributed by atoms with Crippen molar-refractivity contribution in [2.24, 2.45) is 5.73 Å². The zero-order valence-electron chi connectivity index (χ0n) is 13.3. The Balaban J connectivity index is 2.05. The Hall–Kier alpha value is -2.35. The van der Waals surface area contributed by atoms with Gasteiger partial charge in [0.05, 0.1) is 17.1 Å². The first-order valence-electron chi connectivity index (χ1n) is 7.33. The zero-order chi connectivity index (χ0) is 18.0. The number of amides is 1. The first kappa shape index (κ1) is 18.0. The summed E-state index contributed by atoms with van der Waals surface area (Å²) in [6.45, 7) is 3.41. The van der Waals surface area contributed by atoms with Crippen LogP contribution < -0.4 is 11.1 Å². The maximum atomic E-state index is 12.6. The lowest BCUT2D eigenvalue weighted by atomic mass is 9.92. The number of H-pyrrole nitrogens is 1. The van der Waals surface area contributed by atoms with Crippen LogP contribution in [0.2, 0.25) is 0 Å². The van der Waals surface area contributed by atoms with E-state index in [-0.39, 0.29) is 6.42 Å². The fourth-order valence-electron chi connectivity index (χ4n) is 2.28. The van der Waals surface area contributed by atoms with E-state index < -0.39 is 29.2 Å². The molecule has 0 aliphatic carbocycles. The number of aromatic amines is 1.